The van der Waals surface area contributed by atoms with Gasteiger partial charge in [-0.1, -0.05) is 11.6 Å². The van der Waals surface area contributed by atoms with E-state index in [4.69, 9.17) is 22.1 Å². The van der Waals surface area contributed by atoms with Gasteiger partial charge in [0.15, 0.2) is 0 Å². The number of methoxy groups -OCH3 is 1. The second-order valence-corrected chi connectivity index (χ2v) is 4.44. The largest absolute Gasteiger partial charge is 0.497 e. The Hall–Kier alpha value is -2.27. The highest BCUT2D eigenvalue weighted by atomic mass is 35.5. The third kappa shape index (κ3) is 3.00. The summed E-state index contributed by atoms with van der Waals surface area (Å²) in [6.45, 7) is 0. The van der Waals surface area contributed by atoms with Crippen LogP contribution in [0.25, 0.3) is 0 Å². The van der Waals surface area contributed by atoms with Crippen molar-refractivity contribution in [3.63, 3.8) is 0 Å². The van der Waals surface area contributed by atoms with E-state index in [1.54, 1.807) is 18.2 Å². The summed E-state index contributed by atoms with van der Waals surface area (Å²) in [5.74, 6) is -0.415. The Morgan fingerprint density at radius 2 is 2.05 bits per heavy atom. The highest BCUT2D eigenvalue weighted by Crippen LogP contribution is 2.25. The fraction of sp³-hybridized carbons (Fsp3) is 0.0714. The van der Waals surface area contributed by atoms with E-state index in [-0.39, 0.29) is 10.6 Å². The van der Waals surface area contributed by atoms with Gasteiger partial charge in [-0.15, -0.1) is 0 Å². The molecule has 1 amide bonds. The summed E-state index contributed by atoms with van der Waals surface area (Å²) in [7, 11) is 1.52. The molecule has 2 rings (SSSR count). The smallest absolute Gasteiger partial charge is 0.255 e. The Labute approximate surface area is 120 Å². The van der Waals surface area contributed by atoms with Crippen molar-refractivity contribution < 1.29 is 13.9 Å². The monoisotopic (exact) mass is 294 g/mol. The molecule has 0 saturated heterocycles. The molecule has 0 saturated carbocycles. The van der Waals surface area contributed by atoms with Crippen LogP contribution in [0.4, 0.5) is 15.8 Å². The highest BCUT2D eigenvalue weighted by Gasteiger charge is 2.11. The van der Waals surface area contributed by atoms with Gasteiger partial charge < -0.3 is 15.8 Å². The average molecular weight is 295 g/mol. The van der Waals surface area contributed by atoms with E-state index in [0.29, 0.717) is 17.1 Å². The number of carbonyl (C=O) groups excluding carboxylic acids is 1. The zero-order valence-electron chi connectivity index (χ0n) is 10.6. The third-order valence-corrected chi connectivity index (χ3v) is 2.98. The van der Waals surface area contributed by atoms with Gasteiger partial charge in [-0.3, -0.25) is 4.79 Å². The molecular formula is C14H12ClFN2O2. The number of benzene rings is 2. The van der Waals surface area contributed by atoms with Crippen molar-refractivity contribution >= 4 is 28.9 Å². The van der Waals surface area contributed by atoms with Crippen LogP contribution in [-0.2, 0) is 0 Å². The lowest BCUT2D eigenvalue weighted by molar-refractivity contribution is 0.102. The van der Waals surface area contributed by atoms with Gasteiger partial charge in [-0.2, -0.15) is 0 Å². The molecule has 3 N–H and O–H groups in total. The van der Waals surface area contributed by atoms with Crippen molar-refractivity contribution in [1.29, 1.82) is 0 Å². The minimum absolute atomic E-state index is 0.111. The standard InChI is InChI=1S/C14H12ClFN2O2/c1-20-9-3-5-13(12(17)7-9)18-14(19)8-2-4-11(16)10(15)6-8/h2-7H,17H2,1H3,(H,18,19). The van der Waals surface area contributed by atoms with E-state index in [9.17, 15) is 9.18 Å². The molecular weight excluding hydrogens is 283 g/mol. The van der Waals surface area contributed by atoms with Crippen LogP contribution in [0.15, 0.2) is 36.4 Å². The van der Waals surface area contributed by atoms with E-state index >= 15 is 0 Å². The Balaban J connectivity index is 2.21. The Kier molecular flexibility index (Phi) is 4.10. The molecule has 0 aromatic heterocycles. The van der Waals surface area contributed by atoms with Gasteiger partial charge in [0, 0.05) is 11.6 Å². The minimum Gasteiger partial charge on any atom is -0.497 e. The first kappa shape index (κ1) is 14.1. The van der Waals surface area contributed by atoms with Gasteiger partial charge in [-0.05, 0) is 30.3 Å². The molecule has 0 aliphatic rings. The Morgan fingerprint density at radius 1 is 1.30 bits per heavy atom. The fourth-order valence-corrected chi connectivity index (χ4v) is 1.79. The summed E-state index contributed by atoms with van der Waals surface area (Å²) in [6.07, 6.45) is 0. The normalized spacial score (nSPS) is 10.2. The first-order chi connectivity index (χ1) is 9.51. The van der Waals surface area contributed by atoms with Crippen molar-refractivity contribution in [3.05, 3.63) is 52.8 Å². The molecule has 0 bridgehead atoms. The molecule has 2 aromatic rings. The molecule has 6 heteroatoms. The maximum atomic E-state index is 13.0. The van der Waals surface area contributed by atoms with Crippen LogP contribution in [0.5, 0.6) is 5.75 Å². The third-order valence-electron chi connectivity index (χ3n) is 2.69. The number of halogens is 2. The second-order valence-electron chi connectivity index (χ2n) is 4.04. The Morgan fingerprint density at radius 3 is 2.65 bits per heavy atom. The lowest BCUT2D eigenvalue weighted by Crippen LogP contribution is -2.13. The molecule has 0 aliphatic carbocycles. The summed E-state index contributed by atoms with van der Waals surface area (Å²) in [4.78, 5) is 12.0. The minimum atomic E-state index is -0.577. The van der Waals surface area contributed by atoms with Crippen LogP contribution in [0.3, 0.4) is 0 Å². The predicted octanol–water partition coefficient (Wildman–Crippen LogP) is 3.32. The number of nitrogens with two attached hydrogens (primary N) is 1. The number of carbonyl (C=O) groups is 1. The van der Waals surface area contributed by atoms with E-state index in [1.807, 2.05) is 0 Å². The summed E-state index contributed by atoms with van der Waals surface area (Å²) in [5.41, 5.74) is 6.85. The van der Waals surface area contributed by atoms with Gasteiger partial charge in [0.05, 0.1) is 23.5 Å². The van der Waals surface area contributed by atoms with E-state index < -0.39 is 11.7 Å². The molecule has 0 spiro atoms. The summed E-state index contributed by atoms with van der Waals surface area (Å²) in [6, 6.07) is 8.62. The lowest BCUT2D eigenvalue weighted by atomic mass is 10.2. The maximum absolute atomic E-state index is 13.0. The molecule has 0 fully saturated rings. The zero-order chi connectivity index (χ0) is 14.7. The zero-order valence-corrected chi connectivity index (χ0v) is 11.4. The van der Waals surface area contributed by atoms with Crippen molar-refractivity contribution in [1.82, 2.24) is 0 Å². The van der Waals surface area contributed by atoms with E-state index in [1.165, 1.54) is 19.2 Å². The second kappa shape index (κ2) is 5.79. The predicted molar refractivity (Wildman–Crippen MR) is 76.8 cm³/mol. The molecule has 2 aromatic carbocycles. The lowest BCUT2D eigenvalue weighted by Gasteiger charge is -2.10. The molecule has 104 valence electrons. The number of anilines is 2. The SMILES string of the molecule is COc1ccc(NC(=O)c2ccc(F)c(Cl)c2)c(N)c1. The molecule has 20 heavy (non-hydrogen) atoms. The highest BCUT2D eigenvalue weighted by molar-refractivity contribution is 6.31. The summed E-state index contributed by atoms with van der Waals surface area (Å²) < 4.78 is 18.1. The first-order valence-corrected chi connectivity index (χ1v) is 6.09. The number of nitrogen functional groups attached to an aromatic ring is 1. The van der Waals surface area contributed by atoms with Gasteiger partial charge in [-0.25, -0.2) is 4.39 Å². The fourth-order valence-electron chi connectivity index (χ4n) is 1.61. The molecule has 0 aliphatic heterocycles. The van der Waals surface area contributed by atoms with Crippen LogP contribution in [0.1, 0.15) is 10.4 Å². The van der Waals surface area contributed by atoms with Crippen molar-refractivity contribution in [2.24, 2.45) is 0 Å². The number of nitrogens with one attached hydrogen (secondary N) is 1. The van der Waals surface area contributed by atoms with Crippen LogP contribution in [0, 0.1) is 5.82 Å². The van der Waals surface area contributed by atoms with Crippen LogP contribution in [-0.4, -0.2) is 13.0 Å². The van der Waals surface area contributed by atoms with Crippen molar-refractivity contribution in [2.75, 3.05) is 18.2 Å². The number of amides is 1. The van der Waals surface area contributed by atoms with Gasteiger partial charge >= 0.3 is 0 Å². The Bertz CT molecular complexity index is 662. The van der Waals surface area contributed by atoms with Gasteiger partial charge in [0.2, 0.25) is 0 Å². The quantitative estimate of drug-likeness (QED) is 0.854. The number of rotatable bonds is 3. The van der Waals surface area contributed by atoms with Crippen LogP contribution >= 0.6 is 11.6 Å². The average Bonchev–Trinajstić information content (AvgIpc) is 2.43. The topological polar surface area (TPSA) is 64.3 Å². The molecule has 0 radical (unpaired) electrons. The molecule has 0 atom stereocenters. The van der Waals surface area contributed by atoms with E-state index in [0.717, 1.165) is 6.07 Å². The number of hydrogen-bond acceptors (Lipinski definition) is 3. The van der Waals surface area contributed by atoms with Crippen LogP contribution in [0.2, 0.25) is 5.02 Å². The van der Waals surface area contributed by atoms with Crippen molar-refractivity contribution in [2.45, 2.75) is 0 Å². The molecule has 4 nitrogen and oxygen atoms in total. The first-order valence-electron chi connectivity index (χ1n) is 5.71. The van der Waals surface area contributed by atoms with E-state index in [2.05, 4.69) is 5.32 Å². The van der Waals surface area contributed by atoms with Gasteiger partial charge in [0.25, 0.3) is 5.91 Å². The summed E-state index contributed by atoms with van der Waals surface area (Å²) >= 11 is 5.64. The van der Waals surface area contributed by atoms with Crippen LogP contribution < -0.4 is 15.8 Å². The maximum Gasteiger partial charge on any atom is 0.255 e. The van der Waals surface area contributed by atoms with Crippen molar-refractivity contribution in [3.8, 4) is 5.75 Å². The number of hydrogen-bond donors (Lipinski definition) is 2. The summed E-state index contributed by atoms with van der Waals surface area (Å²) in [5, 5.41) is 2.51. The number of ether oxygens (including phenoxy) is 1. The molecule has 0 heterocycles. The van der Waals surface area contributed by atoms with Gasteiger partial charge in [0.1, 0.15) is 11.6 Å². The molecule has 0 unspecified atom stereocenters.